The molecule has 2 aromatic rings. The largest absolute Gasteiger partial charge is 0.462 e. The summed E-state index contributed by atoms with van der Waals surface area (Å²) in [7, 11) is 0. The van der Waals surface area contributed by atoms with Gasteiger partial charge in [0.1, 0.15) is 10.2 Å². The summed E-state index contributed by atoms with van der Waals surface area (Å²) >= 11 is 8.83. The molecular formula is C10H7BrClN3O3. The maximum atomic E-state index is 12.0. The lowest BCUT2D eigenvalue weighted by Gasteiger charge is -2.03. The van der Waals surface area contributed by atoms with Gasteiger partial charge in [0.2, 0.25) is 5.43 Å². The van der Waals surface area contributed by atoms with E-state index < -0.39 is 11.4 Å². The molecule has 0 aliphatic heterocycles. The highest BCUT2D eigenvalue weighted by molar-refractivity contribution is 9.10. The van der Waals surface area contributed by atoms with Crippen LogP contribution in [0, 0.1) is 0 Å². The number of halogens is 2. The topological polar surface area (TPSA) is 84.9 Å². The van der Waals surface area contributed by atoms with Crippen LogP contribution < -0.4 is 5.43 Å². The fourth-order valence-electron chi connectivity index (χ4n) is 1.35. The predicted octanol–water partition coefficient (Wildman–Crippen LogP) is 1.91. The SMILES string of the molecule is CCOC(=O)c1c[nH]c2nc(Cl)c(Br)nc2c1=O. The van der Waals surface area contributed by atoms with E-state index >= 15 is 0 Å². The number of hydrogen-bond acceptors (Lipinski definition) is 5. The first-order chi connectivity index (χ1) is 8.54. The van der Waals surface area contributed by atoms with Gasteiger partial charge < -0.3 is 9.72 Å². The molecule has 8 heteroatoms. The van der Waals surface area contributed by atoms with Crippen molar-refractivity contribution in [2.24, 2.45) is 0 Å². The Balaban J connectivity index is 2.68. The van der Waals surface area contributed by atoms with Gasteiger partial charge >= 0.3 is 5.97 Å². The van der Waals surface area contributed by atoms with Crippen LogP contribution in [0.2, 0.25) is 5.15 Å². The highest BCUT2D eigenvalue weighted by Gasteiger charge is 2.16. The van der Waals surface area contributed by atoms with E-state index in [1.165, 1.54) is 6.20 Å². The van der Waals surface area contributed by atoms with Gasteiger partial charge in [-0.3, -0.25) is 4.79 Å². The van der Waals surface area contributed by atoms with E-state index in [9.17, 15) is 9.59 Å². The van der Waals surface area contributed by atoms with Crippen LogP contribution in [0.25, 0.3) is 11.2 Å². The molecule has 0 radical (unpaired) electrons. The van der Waals surface area contributed by atoms with Crippen molar-refractivity contribution < 1.29 is 9.53 Å². The van der Waals surface area contributed by atoms with Crippen molar-refractivity contribution in [1.82, 2.24) is 15.0 Å². The number of aromatic nitrogens is 3. The average molecular weight is 333 g/mol. The smallest absolute Gasteiger partial charge is 0.343 e. The summed E-state index contributed by atoms with van der Waals surface area (Å²) in [5.74, 6) is -0.700. The second-order valence-electron chi connectivity index (χ2n) is 3.25. The van der Waals surface area contributed by atoms with Crippen LogP contribution in [0.15, 0.2) is 15.6 Å². The number of esters is 1. The number of H-pyrrole nitrogens is 1. The molecule has 0 saturated carbocycles. The van der Waals surface area contributed by atoms with E-state index in [0.717, 1.165) is 0 Å². The summed E-state index contributed by atoms with van der Waals surface area (Å²) in [5.41, 5.74) is -0.432. The highest BCUT2D eigenvalue weighted by Crippen LogP contribution is 2.19. The number of carbonyl (C=O) groups is 1. The number of hydrogen-bond donors (Lipinski definition) is 1. The molecule has 6 nitrogen and oxygen atoms in total. The second kappa shape index (κ2) is 5.03. The Morgan fingerprint density at radius 1 is 1.56 bits per heavy atom. The van der Waals surface area contributed by atoms with Crippen molar-refractivity contribution in [1.29, 1.82) is 0 Å². The summed E-state index contributed by atoms with van der Waals surface area (Å²) in [5, 5.41) is 0.127. The van der Waals surface area contributed by atoms with Crippen molar-refractivity contribution in [3.05, 3.63) is 31.7 Å². The molecule has 0 spiro atoms. The molecule has 0 amide bonds. The maximum Gasteiger partial charge on any atom is 0.343 e. The molecule has 1 N–H and O–H groups in total. The molecule has 0 aliphatic rings. The molecule has 0 fully saturated rings. The van der Waals surface area contributed by atoms with Gasteiger partial charge in [-0.05, 0) is 22.9 Å². The number of ether oxygens (including phenoxy) is 1. The van der Waals surface area contributed by atoms with Crippen molar-refractivity contribution in [2.45, 2.75) is 6.92 Å². The molecule has 2 heterocycles. The van der Waals surface area contributed by atoms with Gasteiger partial charge in [0.25, 0.3) is 0 Å². The molecule has 18 heavy (non-hydrogen) atoms. The zero-order valence-corrected chi connectivity index (χ0v) is 11.5. The van der Waals surface area contributed by atoms with Gasteiger partial charge in [0.05, 0.1) is 6.61 Å². The van der Waals surface area contributed by atoms with E-state index in [-0.39, 0.29) is 33.1 Å². The molecule has 0 aliphatic carbocycles. The van der Waals surface area contributed by atoms with Crippen LogP contribution in [-0.4, -0.2) is 27.5 Å². The van der Waals surface area contributed by atoms with Crippen LogP contribution in [0.1, 0.15) is 17.3 Å². The number of nitrogens with one attached hydrogen (secondary N) is 1. The second-order valence-corrected chi connectivity index (χ2v) is 4.36. The first-order valence-electron chi connectivity index (χ1n) is 4.96. The van der Waals surface area contributed by atoms with Crippen molar-refractivity contribution in [2.75, 3.05) is 6.61 Å². The lowest BCUT2D eigenvalue weighted by atomic mass is 10.2. The normalized spacial score (nSPS) is 10.6. The molecule has 0 atom stereocenters. The Morgan fingerprint density at radius 3 is 2.94 bits per heavy atom. The standard InChI is InChI=1S/C10H7BrClN3O3/c1-2-18-10(17)4-3-13-9-5(6(4)16)14-7(11)8(12)15-9/h3H,2H2,1H3,(H,13,15,16). The van der Waals surface area contributed by atoms with Gasteiger partial charge in [-0.25, -0.2) is 14.8 Å². The maximum absolute atomic E-state index is 12.0. The number of rotatable bonds is 2. The Kier molecular flexibility index (Phi) is 3.63. The van der Waals surface area contributed by atoms with Crippen LogP contribution in [-0.2, 0) is 4.74 Å². The first-order valence-corrected chi connectivity index (χ1v) is 6.13. The summed E-state index contributed by atoms with van der Waals surface area (Å²) < 4.78 is 5.01. The average Bonchev–Trinajstić information content (AvgIpc) is 2.32. The Morgan fingerprint density at radius 2 is 2.28 bits per heavy atom. The third-order valence-corrected chi connectivity index (χ3v) is 3.17. The molecule has 2 rings (SSSR count). The van der Waals surface area contributed by atoms with Crippen LogP contribution >= 0.6 is 27.5 Å². The first kappa shape index (κ1) is 13.0. The van der Waals surface area contributed by atoms with Crippen molar-refractivity contribution >= 4 is 44.7 Å². The number of aromatic amines is 1. The van der Waals surface area contributed by atoms with Gasteiger partial charge in [0.15, 0.2) is 16.3 Å². The number of carbonyl (C=O) groups excluding carboxylic acids is 1. The van der Waals surface area contributed by atoms with Crippen molar-refractivity contribution in [3.8, 4) is 0 Å². The molecule has 0 saturated heterocycles. The molecule has 2 aromatic heterocycles. The molecule has 0 bridgehead atoms. The number of nitrogens with zero attached hydrogens (tertiary/aromatic N) is 2. The van der Waals surface area contributed by atoms with E-state index in [1.54, 1.807) is 6.92 Å². The van der Waals surface area contributed by atoms with E-state index in [0.29, 0.717) is 0 Å². The molecular weight excluding hydrogens is 325 g/mol. The number of pyridine rings is 1. The van der Waals surface area contributed by atoms with E-state index in [2.05, 4.69) is 30.9 Å². The van der Waals surface area contributed by atoms with Gasteiger partial charge in [0, 0.05) is 6.20 Å². The minimum atomic E-state index is -0.700. The van der Waals surface area contributed by atoms with Crippen LogP contribution in [0.3, 0.4) is 0 Å². The van der Waals surface area contributed by atoms with Crippen LogP contribution in [0.4, 0.5) is 0 Å². The van der Waals surface area contributed by atoms with Gasteiger partial charge in [-0.15, -0.1) is 0 Å². The molecule has 0 unspecified atom stereocenters. The summed E-state index contributed by atoms with van der Waals surface area (Å²) in [4.78, 5) is 34.1. The fourth-order valence-corrected chi connectivity index (χ4v) is 1.74. The van der Waals surface area contributed by atoms with E-state index in [4.69, 9.17) is 16.3 Å². The monoisotopic (exact) mass is 331 g/mol. The quantitative estimate of drug-likeness (QED) is 0.849. The summed E-state index contributed by atoms with van der Waals surface area (Å²) in [6, 6.07) is 0. The lowest BCUT2D eigenvalue weighted by molar-refractivity contribution is 0.0524. The highest BCUT2D eigenvalue weighted by atomic mass is 79.9. The van der Waals surface area contributed by atoms with Gasteiger partial charge in [-0.2, -0.15) is 0 Å². The van der Waals surface area contributed by atoms with Crippen LogP contribution in [0.5, 0.6) is 0 Å². The Bertz CT molecular complexity index is 686. The predicted molar refractivity (Wildman–Crippen MR) is 68.8 cm³/mol. The zero-order valence-electron chi connectivity index (χ0n) is 9.16. The Hall–Kier alpha value is -1.47. The lowest BCUT2D eigenvalue weighted by Crippen LogP contribution is -2.19. The third-order valence-electron chi connectivity index (χ3n) is 2.12. The third kappa shape index (κ3) is 2.23. The molecule has 94 valence electrons. The van der Waals surface area contributed by atoms with E-state index in [1.807, 2.05) is 0 Å². The minimum Gasteiger partial charge on any atom is -0.462 e. The fraction of sp³-hybridized carbons (Fsp3) is 0.200. The number of fused-ring (bicyclic) bond motifs is 1. The van der Waals surface area contributed by atoms with Crippen molar-refractivity contribution in [3.63, 3.8) is 0 Å². The van der Waals surface area contributed by atoms with Gasteiger partial charge in [-0.1, -0.05) is 11.6 Å². The Labute approximate surface area is 114 Å². The zero-order chi connectivity index (χ0) is 13.3. The summed E-state index contributed by atoms with van der Waals surface area (Å²) in [6.45, 7) is 1.84. The summed E-state index contributed by atoms with van der Waals surface area (Å²) in [6.07, 6.45) is 1.24. The minimum absolute atomic E-state index is 0.0248. The molecule has 0 aromatic carbocycles.